The molecule has 6 rings (SSSR count). The zero-order chi connectivity index (χ0) is 34.4. The summed E-state index contributed by atoms with van der Waals surface area (Å²) < 4.78 is 15.1. The van der Waals surface area contributed by atoms with Gasteiger partial charge >= 0.3 is 17.8 Å². The van der Waals surface area contributed by atoms with Gasteiger partial charge in [-0.2, -0.15) is 0 Å². The van der Waals surface area contributed by atoms with Gasteiger partial charge in [0.15, 0.2) is 29.0 Å². The second-order valence-corrected chi connectivity index (χ2v) is 13.6. The first-order valence-corrected chi connectivity index (χ1v) is 16.5. The molecule has 3 saturated heterocycles. The van der Waals surface area contributed by atoms with Crippen LogP contribution in [0.2, 0.25) is 4.34 Å². The number of oxime groups is 1. The largest absolute Gasteiger partial charge is 0.519 e. The second kappa shape index (κ2) is 13.1. The number of hydrogen-bond acceptors (Lipinski definition) is 16. The first kappa shape index (κ1) is 33.2. The molecule has 2 aromatic heterocycles. The van der Waals surface area contributed by atoms with Gasteiger partial charge in [-0.3, -0.25) is 19.3 Å². The van der Waals surface area contributed by atoms with Crippen molar-refractivity contribution in [2.75, 3.05) is 31.1 Å². The molecular formula is C27H26ClN7O11S2. The number of aromatic nitrogens is 1. The van der Waals surface area contributed by atoms with E-state index >= 15 is 0 Å². The highest BCUT2D eigenvalue weighted by molar-refractivity contribution is 8.00. The summed E-state index contributed by atoms with van der Waals surface area (Å²) in [6.45, 7) is 2.40. The first-order valence-electron chi connectivity index (χ1n) is 14.3. The molecule has 21 heteroatoms. The van der Waals surface area contributed by atoms with Crippen molar-refractivity contribution < 1.29 is 47.9 Å². The maximum absolute atomic E-state index is 13.8. The maximum Gasteiger partial charge on any atom is 0.519 e. The van der Waals surface area contributed by atoms with Gasteiger partial charge < -0.3 is 45.2 Å². The van der Waals surface area contributed by atoms with Gasteiger partial charge in [-0.05, 0) is 26.3 Å². The SMILES string of the molecule is Cc1oc(=O)oc1COC(=O)/C(C1=C(C(=O)O)N2C(=O)[C@@H](NC(=O)/C(=N\O)c3nc(N)sc3Cl)[C@H]2SC1)=C1\CCN([C@H]2CCNC2)C1=O. The number of anilines is 1. The van der Waals surface area contributed by atoms with Gasteiger partial charge in [0.25, 0.3) is 17.7 Å². The van der Waals surface area contributed by atoms with E-state index in [1.807, 2.05) is 0 Å². The van der Waals surface area contributed by atoms with Gasteiger partial charge in [-0.15, -0.1) is 11.8 Å². The van der Waals surface area contributed by atoms with Crippen molar-refractivity contribution in [3.05, 3.63) is 54.6 Å². The topological polar surface area (TPSA) is 260 Å². The number of likely N-dealkylation sites (tertiary alicyclic amines) is 1. The van der Waals surface area contributed by atoms with E-state index in [1.54, 1.807) is 4.90 Å². The highest BCUT2D eigenvalue weighted by Gasteiger charge is 2.55. The number of rotatable bonds is 9. The number of ether oxygens (including phenoxy) is 1. The number of nitrogen functional groups attached to an aromatic ring is 1. The summed E-state index contributed by atoms with van der Waals surface area (Å²) >= 11 is 7.90. The van der Waals surface area contributed by atoms with Crippen LogP contribution in [0.3, 0.4) is 0 Å². The Bertz CT molecular complexity index is 1890. The van der Waals surface area contributed by atoms with Gasteiger partial charge in [-0.25, -0.2) is 19.4 Å². The van der Waals surface area contributed by atoms with Crippen LogP contribution in [0, 0.1) is 6.92 Å². The Morgan fingerprint density at radius 2 is 2.04 bits per heavy atom. The minimum atomic E-state index is -1.57. The number of nitrogens with two attached hydrogens (primary N) is 1. The van der Waals surface area contributed by atoms with E-state index in [9.17, 15) is 39.1 Å². The van der Waals surface area contributed by atoms with Crippen LogP contribution >= 0.6 is 34.7 Å². The number of esters is 1. The summed E-state index contributed by atoms with van der Waals surface area (Å²) in [4.78, 5) is 84.6. The van der Waals surface area contributed by atoms with Crippen molar-refractivity contribution in [3.63, 3.8) is 0 Å². The number of halogens is 1. The number of β-lactam (4-membered cyclic amide) rings is 1. The van der Waals surface area contributed by atoms with E-state index in [0.29, 0.717) is 19.5 Å². The molecule has 18 nitrogen and oxygen atoms in total. The number of nitrogens with one attached hydrogen (secondary N) is 2. The lowest BCUT2D eigenvalue weighted by molar-refractivity contribution is -0.150. The van der Waals surface area contributed by atoms with Crippen molar-refractivity contribution in [3.8, 4) is 0 Å². The minimum Gasteiger partial charge on any atom is -0.477 e. The van der Waals surface area contributed by atoms with E-state index < -0.39 is 64.9 Å². The maximum atomic E-state index is 13.8. The van der Waals surface area contributed by atoms with Crippen LogP contribution in [0.4, 0.5) is 5.13 Å². The number of carboxylic acid groups (broad SMARTS) is 1. The monoisotopic (exact) mass is 723 g/mol. The van der Waals surface area contributed by atoms with Crippen molar-refractivity contribution >= 4 is 75.2 Å². The molecule has 0 radical (unpaired) electrons. The predicted octanol–water partition coefficient (Wildman–Crippen LogP) is -0.216. The Labute approximate surface area is 282 Å². The molecule has 6 heterocycles. The number of hydrogen-bond donors (Lipinski definition) is 5. The van der Waals surface area contributed by atoms with E-state index in [1.165, 1.54) is 6.92 Å². The van der Waals surface area contributed by atoms with Gasteiger partial charge in [0.2, 0.25) is 0 Å². The number of carbonyl (C=O) groups is 5. The number of carbonyl (C=O) groups excluding carboxylic acids is 4. The molecule has 254 valence electrons. The van der Waals surface area contributed by atoms with Crippen LogP contribution in [0.1, 0.15) is 30.1 Å². The smallest absolute Gasteiger partial charge is 0.477 e. The number of carboxylic acids is 1. The summed E-state index contributed by atoms with van der Waals surface area (Å²) in [6, 6.07) is -1.39. The number of aryl methyl sites for hydroxylation is 1. The molecule has 0 spiro atoms. The Kier molecular flexibility index (Phi) is 9.07. The molecular weight excluding hydrogens is 698 g/mol. The van der Waals surface area contributed by atoms with E-state index in [0.717, 1.165) is 28.0 Å². The fraction of sp³-hybridized carbons (Fsp3) is 0.407. The van der Waals surface area contributed by atoms with Gasteiger partial charge in [0.1, 0.15) is 27.1 Å². The molecule has 0 aliphatic carbocycles. The molecule has 2 aromatic rings. The van der Waals surface area contributed by atoms with Gasteiger partial charge in [0, 0.05) is 36.0 Å². The molecule has 3 atom stereocenters. The third kappa shape index (κ3) is 5.84. The molecule has 4 aliphatic rings. The van der Waals surface area contributed by atoms with Crippen LogP contribution in [0.15, 0.2) is 41.2 Å². The number of amides is 3. The molecule has 3 fully saturated rings. The highest BCUT2D eigenvalue weighted by atomic mass is 35.5. The lowest BCUT2D eigenvalue weighted by Gasteiger charge is -2.49. The van der Waals surface area contributed by atoms with Crippen molar-refractivity contribution in [1.29, 1.82) is 0 Å². The summed E-state index contributed by atoms with van der Waals surface area (Å²) in [5.41, 5.74) is 3.79. The first-order chi connectivity index (χ1) is 22.9. The van der Waals surface area contributed by atoms with E-state index in [2.05, 4.69) is 20.8 Å². The Morgan fingerprint density at radius 1 is 1.27 bits per heavy atom. The van der Waals surface area contributed by atoms with Gasteiger partial charge in [0.05, 0.1) is 5.57 Å². The van der Waals surface area contributed by atoms with Gasteiger partial charge in [-0.1, -0.05) is 28.1 Å². The molecule has 48 heavy (non-hydrogen) atoms. The lowest BCUT2D eigenvalue weighted by atomic mass is 9.94. The number of aliphatic carboxylic acids is 1. The zero-order valence-corrected chi connectivity index (χ0v) is 27.2. The fourth-order valence-electron chi connectivity index (χ4n) is 5.92. The predicted molar refractivity (Wildman–Crippen MR) is 166 cm³/mol. The second-order valence-electron chi connectivity index (χ2n) is 10.9. The molecule has 0 aromatic carbocycles. The third-order valence-corrected chi connectivity index (χ3v) is 10.5. The number of nitrogens with zero attached hydrogens (tertiary/aromatic N) is 4. The summed E-state index contributed by atoms with van der Waals surface area (Å²) in [6.07, 6.45) is 0.794. The Morgan fingerprint density at radius 3 is 2.65 bits per heavy atom. The fourth-order valence-corrected chi connectivity index (χ4v) is 8.20. The minimum absolute atomic E-state index is 0.00174. The van der Waals surface area contributed by atoms with Crippen molar-refractivity contribution in [1.82, 2.24) is 25.4 Å². The molecule has 4 aliphatic heterocycles. The molecule has 0 bridgehead atoms. The highest BCUT2D eigenvalue weighted by Crippen LogP contribution is 2.44. The average Bonchev–Trinajstić information content (AvgIpc) is 3.84. The van der Waals surface area contributed by atoms with E-state index in [-0.39, 0.29) is 68.2 Å². The normalized spacial score (nSPS) is 23.7. The number of thiazole rings is 1. The van der Waals surface area contributed by atoms with Crippen LogP contribution in [0.5, 0.6) is 0 Å². The van der Waals surface area contributed by atoms with Crippen LogP contribution in [0.25, 0.3) is 0 Å². The van der Waals surface area contributed by atoms with Crippen LogP contribution < -0.4 is 22.2 Å². The summed E-state index contributed by atoms with van der Waals surface area (Å²) in [5.74, 6) is -6.18. The van der Waals surface area contributed by atoms with E-state index in [4.69, 9.17) is 30.9 Å². The molecule has 0 saturated carbocycles. The Hall–Kier alpha value is -4.66. The zero-order valence-electron chi connectivity index (χ0n) is 24.8. The third-order valence-electron chi connectivity index (χ3n) is 8.17. The molecule has 3 amide bonds. The van der Waals surface area contributed by atoms with Crippen LogP contribution in [-0.4, -0.2) is 103 Å². The summed E-state index contributed by atoms with van der Waals surface area (Å²) in [5, 5.41) is 27.5. The van der Waals surface area contributed by atoms with Crippen molar-refractivity contribution in [2.24, 2.45) is 5.16 Å². The summed E-state index contributed by atoms with van der Waals surface area (Å²) in [7, 11) is 0. The number of thioether (sulfide) groups is 1. The molecule has 0 unspecified atom stereocenters. The van der Waals surface area contributed by atoms with Crippen LogP contribution in [-0.2, 0) is 35.3 Å². The lowest BCUT2D eigenvalue weighted by Crippen LogP contribution is -2.71. The standard InChI is InChI=1S/C27H26ClN7O11S2/c1-9-13(46-27(42)45-9)7-44-25(41)14(11-3-5-34(21(11)37)10-2-4-30-6-10)12-8-47-23-17(22(38)35(23)18(12)24(39)40)31-20(36)16(33-43)15-19(28)48-26(29)32-15/h10,17,23,30,43H,2-8H2,1H3,(H2,29,32)(H,31,36)(H,39,40)/b14-11+,33-16-/t10-,17+,23+/m0/s1. The van der Waals surface area contributed by atoms with Crippen molar-refractivity contribution in [2.45, 2.75) is 43.8 Å². The number of fused-ring (bicyclic) bond motifs is 1. The quantitative estimate of drug-likeness (QED) is 0.0560. The average molecular weight is 724 g/mol. The molecule has 6 N–H and O–H groups in total. The Balaban J connectivity index is 1.32.